The SMILES string of the molecule is CCCCCCCCCCCCCCCCCC(=O)N(C(=O)CCCCCCCCCCCCCCCCC)C(=O)N(C(=O)CCCCCCCCCCCCCCCCC)C(=O)CCCCCCCCCCCCCCCCC. The summed E-state index contributed by atoms with van der Waals surface area (Å²) in [5, 5.41) is 0. The number of rotatable bonds is 64. The molecule has 0 fully saturated rings. The summed E-state index contributed by atoms with van der Waals surface area (Å²) in [6.45, 7) is 9.09. The molecule has 0 aliphatic carbocycles. The molecule has 0 spiro atoms. The van der Waals surface area contributed by atoms with E-state index >= 15 is 0 Å². The van der Waals surface area contributed by atoms with Crippen LogP contribution in [-0.2, 0) is 19.2 Å². The Morgan fingerprint density at radius 1 is 0.163 bits per heavy atom. The number of urea groups is 1. The molecule has 0 aliphatic rings. The van der Waals surface area contributed by atoms with Crippen LogP contribution < -0.4 is 0 Å². The monoisotopic (exact) mass is 1130 g/mol. The number of hydrogen-bond donors (Lipinski definition) is 0. The summed E-state index contributed by atoms with van der Waals surface area (Å²) in [5.74, 6) is -2.22. The third-order valence-corrected chi connectivity index (χ3v) is 17.4. The number of unbranched alkanes of at least 4 members (excludes halogenated alkanes) is 56. The Bertz CT molecular complexity index is 1160. The Kier molecular flexibility index (Phi) is 62.9. The first-order valence-electron chi connectivity index (χ1n) is 36.6. The van der Waals surface area contributed by atoms with Gasteiger partial charge in [0.25, 0.3) is 0 Å². The van der Waals surface area contributed by atoms with Crippen molar-refractivity contribution < 1.29 is 24.0 Å². The standard InChI is InChI=1S/C73H140N2O5/c1-5-9-13-17-21-25-29-33-37-41-45-49-53-57-61-65-69(76)74(70(77)66-62-58-54-50-46-42-38-34-30-26-22-18-14-10-6-2)73(80)75(71(78)67-63-59-55-51-47-43-39-35-31-27-23-19-15-11-7-3)72(79)68-64-60-56-52-48-44-40-36-32-28-24-20-16-12-8-4/h5-68H2,1-4H3. The lowest BCUT2D eigenvalue weighted by Crippen LogP contribution is -2.53. The predicted octanol–water partition coefficient (Wildman–Crippen LogP) is 24.9. The van der Waals surface area contributed by atoms with Crippen molar-refractivity contribution in [3.05, 3.63) is 0 Å². The summed E-state index contributed by atoms with van der Waals surface area (Å²) in [7, 11) is 0. The first-order valence-corrected chi connectivity index (χ1v) is 36.6. The zero-order valence-electron chi connectivity index (χ0n) is 54.7. The zero-order valence-corrected chi connectivity index (χ0v) is 54.7. The molecule has 0 aromatic heterocycles. The number of carbonyl (C=O) groups is 5. The first-order chi connectivity index (χ1) is 39.3. The van der Waals surface area contributed by atoms with Gasteiger partial charge in [-0.05, 0) is 25.7 Å². The second-order valence-corrected chi connectivity index (χ2v) is 25.3. The molecule has 0 aromatic carbocycles. The lowest BCUT2D eigenvalue weighted by Gasteiger charge is -2.26. The van der Waals surface area contributed by atoms with Crippen LogP contribution >= 0.6 is 0 Å². The molecule has 0 heterocycles. The van der Waals surface area contributed by atoms with Crippen LogP contribution in [0, 0.1) is 0 Å². The van der Waals surface area contributed by atoms with Gasteiger partial charge in [-0.3, -0.25) is 19.2 Å². The number of imide groups is 6. The van der Waals surface area contributed by atoms with Crippen LogP contribution in [0.2, 0.25) is 0 Å². The molecule has 7 heteroatoms. The van der Waals surface area contributed by atoms with Crippen molar-refractivity contribution in [1.29, 1.82) is 0 Å². The maximum absolute atomic E-state index is 14.6. The normalized spacial score (nSPS) is 11.4. The molecule has 0 atom stereocenters. The Morgan fingerprint density at radius 2 is 0.263 bits per heavy atom. The summed E-state index contributed by atoms with van der Waals surface area (Å²) < 4.78 is 0. The molecule has 0 unspecified atom stereocenters. The summed E-state index contributed by atoms with van der Waals surface area (Å²) >= 11 is 0. The van der Waals surface area contributed by atoms with Gasteiger partial charge in [0.2, 0.25) is 23.6 Å². The topological polar surface area (TPSA) is 91.8 Å². The van der Waals surface area contributed by atoms with E-state index in [1.807, 2.05) is 0 Å². The van der Waals surface area contributed by atoms with Crippen molar-refractivity contribution >= 4 is 29.7 Å². The number of nitrogens with zero attached hydrogens (tertiary/aromatic N) is 2. The van der Waals surface area contributed by atoms with Crippen LogP contribution in [-0.4, -0.2) is 39.5 Å². The Hall–Kier alpha value is -2.05. The maximum Gasteiger partial charge on any atom is 0.347 e. The highest BCUT2D eigenvalue weighted by molar-refractivity contribution is 6.19. The molecule has 0 bridgehead atoms. The molecular formula is C73H140N2O5. The predicted molar refractivity (Wildman–Crippen MR) is 347 cm³/mol. The van der Waals surface area contributed by atoms with Gasteiger partial charge in [-0.25, -0.2) is 4.79 Å². The van der Waals surface area contributed by atoms with Crippen LogP contribution in [0.25, 0.3) is 0 Å². The van der Waals surface area contributed by atoms with Crippen LogP contribution in [0.3, 0.4) is 0 Å². The number of hydrogen-bond acceptors (Lipinski definition) is 5. The second-order valence-electron chi connectivity index (χ2n) is 25.3. The maximum atomic E-state index is 14.6. The molecule has 0 N–H and O–H groups in total. The van der Waals surface area contributed by atoms with Gasteiger partial charge in [-0.1, -0.05) is 387 Å². The lowest BCUT2D eigenvalue weighted by atomic mass is 10.0. The summed E-state index contributed by atoms with van der Waals surface area (Å²) in [6.07, 6.45) is 72.9. The van der Waals surface area contributed by atoms with Crippen molar-refractivity contribution in [3.63, 3.8) is 0 Å². The van der Waals surface area contributed by atoms with Crippen LogP contribution in [0.4, 0.5) is 4.79 Å². The molecule has 0 saturated carbocycles. The van der Waals surface area contributed by atoms with Crippen molar-refractivity contribution in [2.24, 2.45) is 0 Å². The van der Waals surface area contributed by atoms with E-state index in [0.29, 0.717) is 25.7 Å². The van der Waals surface area contributed by atoms with E-state index in [1.165, 1.54) is 283 Å². The average molecular weight is 1130 g/mol. The Labute approximate surface area is 499 Å². The summed E-state index contributed by atoms with van der Waals surface area (Å²) in [4.78, 5) is 72.6. The molecule has 7 nitrogen and oxygen atoms in total. The van der Waals surface area contributed by atoms with Gasteiger partial charge in [0, 0.05) is 25.7 Å². The smallest absolute Gasteiger partial charge is 0.274 e. The van der Waals surface area contributed by atoms with E-state index < -0.39 is 29.7 Å². The quantitative estimate of drug-likeness (QED) is 0.0566. The van der Waals surface area contributed by atoms with E-state index in [1.54, 1.807) is 0 Å². The van der Waals surface area contributed by atoms with E-state index in [4.69, 9.17) is 0 Å². The average Bonchev–Trinajstić information content (AvgIpc) is 3.49. The molecule has 0 rings (SSSR count). The lowest BCUT2D eigenvalue weighted by molar-refractivity contribution is -0.145. The molecule has 0 aromatic rings. The fourth-order valence-corrected chi connectivity index (χ4v) is 11.8. The van der Waals surface area contributed by atoms with Gasteiger partial charge in [0.15, 0.2) is 0 Å². The second kappa shape index (κ2) is 64.5. The van der Waals surface area contributed by atoms with Crippen molar-refractivity contribution in [3.8, 4) is 0 Å². The van der Waals surface area contributed by atoms with Gasteiger partial charge >= 0.3 is 6.03 Å². The van der Waals surface area contributed by atoms with E-state index in [9.17, 15) is 24.0 Å². The number of carbonyl (C=O) groups excluding carboxylic acids is 5. The molecular weight excluding hydrogens is 985 g/mol. The molecule has 0 saturated heterocycles. The molecule has 0 aliphatic heterocycles. The van der Waals surface area contributed by atoms with E-state index in [0.717, 1.165) is 86.8 Å². The highest BCUT2D eigenvalue weighted by Gasteiger charge is 2.37. The molecule has 80 heavy (non-hydrogen) atoms. The minimum absolute atomic E-state index is 0.0723. The number of amides is 6. The zero-order chi connectivity index (χ0) is 58.3. The summed E-state index contributed by atoms with van der Waals surface area (Å²) in [5.41, 5.74) is 0. The fourth-order valence-electron chi connectivity index (χ4n) is 11.8. The fraction of sp³-hybridized carbons (Fsp3) is 0.932. The van der Waals surface area contributed by atoms with Gasteiger partial charge in [-0.2, -0.15) is 9.80 Å². The molecule has 6 amide bonds. The van der Waals surface area contributed by atoms with Crippen LogP contribution in [0.15, 0.2) is 0 Å². The molecule has 0 radical (unpaired) electrons. The van der Waals surface area contributed by atoms with Crippen molar-refractivity contribution in [2.45, 2.75) is 439 Å². The van der Waals surface area contributed by atoms with Crippen molar-refractivity contribution in [2.75, 3.05) is 0 Å². The van der Waals surface area contributed by atoms with E-state index in [2.05, 4.69) is 27.7 Å². The highest BCUT2D eigenvalue weighted by atomic mass is 16.2. The van der Waals surface area contributed by atoms with Gasteiger partial charge in [-0.15, -0.1) is 0 Å². The van der Waals surface area contributed by atoms with Gasteiger partial charge < -0.3 is 0 Å². The Balaban J connectivity index is 5.49. The van der Waals surface area contributed by atoms with E-state index in [-0.39, 0.29) is 25.7 Å². The minimum Gasteiger partial charge on any atom is -0.274 e. The summed E-state index contributed by atoms with van der Waals surface area (Å²) in [6, 6.07) is -1.01. The van der Waals surface area contributed by atoms with Crippen LogP contribution in [0.1, 0.15) is 439 Å². The van der Waals surface area contributed by atoms with Gasteiger partial charge in [0.1, 0.15) is 0 Å². The highest BCUT2D eigenvalue weighted by Crippen LogP contribution is 2.21. The minimum atomic E-state index is -1.01. The third-order valence-electron chi connectivity index (χ3n) is 17.4. The van der Waals surface area contributed by atoms with Crippen LogP contribution in [0.5, 0.6) is 0 Å². The van der Waals surface area contributed by atoms with Gasteiger partial charge in [0.05, 0.1) is 0 Å². The first kappa shape index (κ1) is 78.0. The van der Waals surface area contributed by atoms with Crippen molar-refractivity contribution in [1.82, 2.24) is 9.80 Å². The third kappa shape index (κ3) is 52.7. The molecule has 472 valence electrons. The Morgan fingerprint density at radius 3 is 0.375 bits per heavy atom. The largest absolute Gasteiger partial charge is 0.347 e.